The Balaban J connectivity index is 1.25. The summed E-state index contributed by atoms with van der Waals surface area (Å²) in [6, 6.07) is 9.57. The number of benzene rings is 1. The number of anilines is 1. The highest BCUT2D eigenvalue weighted by Gasteiger charge is 2.42. The van der Waals surface area contributed by atoms with Crippen LogP contribution in [0.4, 0.5) is 5.82 Å². The van der Waals surface area contributed by atoms with E-state index in [1.54, 1.807) is 12.4 Å². The average molecular weight is 425 g/mol. The van der Waals surface area contributed by atoms with Crippen molar-refractivity contribution in [1.29, 1.82) is 0 Å². The molecule has 8 heteroatoms. The van der Waals surface area contributed by atoms with Gasteiger partial charge in [-0.15, -0.1) is 0 Å². The third kappa shape index (κ3) is 4.36. The Morgan fingerprint density at radius 1 is 1.03 bits per heavy atom. The molecule has 0 radical (unpaired) electrons. The van der Waals surface area contributed by atoms with Gasteiger partial charge in [0.2, 0.25) is 5.91 Å². The first kappa shape index (κ1) is 20.2. The van der Waals surface area contributed by atoms with E-state index in [-0.39, 0.29) is 11.8 Å². The fourth-order valence-electron chi connectivity index (χ4n) is 4.69. The minimum atomic E-state index is -0.460. The van der Waals surface area contributed by atoms with Crippen LogP contribution in [0.5, 0.6) is 11.6 Å². The monoisotopic (exact) mass is 424 g/mol. The van der Waals surface area contributed by atoms with Gasteiger partial charge in [0.05, 0.1) is 19.1 Å². The summed E-state index contributed by atoms with van der Waals surface area (Å²) in [4.78, 5) is 26.3. The largest absolute Gasteiger partial charge is 0.436 e. The van der Waals surface area contributed by atoms with Gasteiger partial charge in [-0.05, 0) is 25.0 Å². The minimum Gasteiger partial charge on any atom is -0.436 e. The van der Waals surface area contributed by atoms with E-state index in [1.807, 2.05) is 35.2 Å². The van der Waals surface area contributed by atoms with E-state index in [0.717, 1.165) is 32.2 Å². The number of ether oxygens (including phenoxy) is 3. The number of carbonyl (C=O) groups is 1. The molecule has 0 saturated carbocycles. The third-order valence-corrected chi connectivity index (χ3v) is 6.32. The van der Waals surface area contributed by atoms with Crippen molar-refractivity contribution in [2.45, 2.75) is 31.5 Å². The number of rotatable bonds is 4. The molecule has 1 spiro atoms. The first-order valence-corrected chi connectivity index (χ1v) is 11.1. The second kappa shape index (κ2) is 8.80. The van der Waals surface area contributed by atoms with Crippen LogP contribution in [0, 0.1) is 5.92 Å². The summed E-state index contributed by atoms with van der Waals surface area (Å²) in [6.45, 7) is 4.12. The Bertz CT molecular complexity index is 893. The molecule has 2 aromatic rings. The van der Waals surface area contributed by atoms with Crippen LogP contribution in [0.3, 0.4) is 0 Å². The number of aromatic nitrogens is 2. The second-order valence-electron chi connectivity index (χ2n) is 8.32. The molecule has 1 amide bonds. The summed E-state index contributed by atoms with van der Waals surface area (Å²) < 4.78 is 17.6. The van der Waals surface area contributed by atoms with Crippen molar-refractivity contribution >= 4 is 11.7 Å². The van der Waals surface area contributed by atoms with Crippen molar-refractivity contribution in [3.8, 4) is 11.6 Å². The summed E-state index contributed by atoms with van der Waals surface area (Å²) in [7, 11) is 0. The fraction of sp³-hybridized carbons (Fsp3) is 0.522. The molecule has 5 rings (SSSR count). The van der Waals surface area contributed by atoms with Crippen molar-refractivity contribution in [2.75, 3.05) is 44.3 Å². The zero-order valence-corrected chi connectivity index (χ0v) is 17.6. The highest BCUT2D eigenvalue weighted by molar-refractivity contribution is 5.80. The van der Waals surface area contributed by atoms with Crippen LogP contribution in [0.2, 0.25) is 0 Å². The Morgan fingerprint density at radius 3 is 2.55 bits per heavy atom. The molecule has 3 saturated heterocycles. The molecule has 1 atom stereocenters. The number of hydrogen-bond donors (Lipinski definition) is 0. The Labute approximate surface area is 182 Å². The van der Waals surface area contributed by atoms with Crippen LogP contribution in [0.25, 0.3) is 0 Å². The number of piperidine rings is 2. The SMILES string of the molecule is O=C([C@H]1CCCN(c2nccnc2Oc2ccccc2)C1)N1CCC2(CC1)OCCO2. The lowest BCUT2D eigenvalue weighted by atomic mass is 9.94. The van der Waals surface area contributed by atoms with Crippen LogP contribution in [-0.4, -0.2) is 66.0 Å². The zero-order chi connectivity index (χ0) is 21.1. The summed E-state index contributed by atoms with van der Waals surface area (Å²) >= 11 is 0. The maximum absolute atomic E-state index is 13.3. The van der Waals surface area contributed by atoms with Crippen LogP contribution in [-0.2, 0) is 14.3 Å². The maximum Gasteiger partial charge on any atom is 0.263 e. The zero-order valence-electron chi connectivity index (χ0n) is 17.6. The minimum absolute atomic E-state index is 0.0557. The number of hydrogen-bond acceptors (Lipinski definition) is 7. The number of likely N-dealkylation sites (tertiary alicyclic amines) is 1. The molecular formula is C23H28N4O4. The normalized spacial score (nSPS) is 23.2. The first-order valence-electron chi connectivity index (χ1n) is 11.1. The third-order valence-electron chi connectivity index (χ3n) is 6.32. The lowest BCUT2D eigenvalue weighted by Gasteiger charge is -2.40. The van der Waals surface area contributed by atoms with Gasteiger partial charge in [0.1, 0.15) is 5.75 Å². The molecular weight excluding hydrogens is 396 g/mol. The molecule has 1 aromatic carbocycles. The van der Waals surface area contributed by atoms with E-state index in [4.69, 9.17) is 14.2 Å². The summed E-state index contributed by atoms with van der Waals surface area (Å²) in [5, 5.41) is 0. The van der Waals surface area contributed by atoms with Crippen LogP contribution in [0.1, 0.15) is 25.7 Å². The molecule has 4 heterocycles. The second-order valence-corrected chi connectivity index (χ2v) is 8.32. The maximum atomic E-state index is 13.3. The van der Waals surface area contributed by atoms with Gasteiger partial charge in [-0.25, -0.2) is 9.97 Å². The smallest absolute Gasteiger partial charge is 0.263 e. The number of para-hydroxylation sites is 1. The molecule has 3 fully saturated rings. The molecule has 3 aliphatic heterocycles. The van der Waals surface area contributed by atoms with E-state index in [1.165, 1.54) is 0 Å². The van der Waals surface area contributed by atoms with E-state index < -0.39 is 5.79 Å². The highest BCUT2D eigenvalue weighted by atomic mass is 16.7. The predicted molar refractivity (Wildman–Crippen MR) is 114 cm³/mol. The Morgan fingerprint density at radius 2 is 1.77 bits per heavy atom. The number of nitrogens with zero attached hydrogens (tertiary/aromatic N) is 4. The van der Waals surface area contributed by atoms with Gasteiger partial charge in [0.25, 0.3) is 5.88 Å². The first-order chi connectivity index (χ1) is 15.2. The fourth-order valence-corrected chi connectivity index (χ4v) is 4.69. The van der Waals surface area contributed by atoms with Gasteiger partial charge in [0, 0.05) is 51.4 Å². The average Bonchev–Trinajstić information content (AvgIpc) is 3.28. The lowest BCUT2D eigenvalue weighted by Crippen LogP contribution is -2.51. The van der Waals surface area contributed by atoms with E-state index in [0.29, 0.717) is 50.3 Å². The van der Waals surface area contributed by atoms with E-state index >= 15 is 0 Å². The molecule has 8 nitrogen and oxygen atoms in total. The molecule has 0 bridgehead atoms. The van der Waals surface area contributed by atoms with Gasteiger partial charge >= 0.3 is 0 Å². The Hall–Kier alpha value is -2.71. The molecule has 164 valence electrons. The van der Waals surface area contributed by atoms with E-state index in [9.17, 15) is 4.79 Å². The highest BCUT2D eigenvalue weighted by Crippen LogP contribution is 2.34. The van der Waals surface area contributed by atoms with Crippen molar-refractivity contribution in [2.24, 2.45) is 5.92 Å². The van der Waals surface area contributed by atoms with Crippen LogP contribution in [0.15, 0.2) is 42.7 Å². The van der Waals surface area contributed by atoms with Crippen molar-refractivity contribution in [3.63, 3.8) is 0 Å². The molecule has 0 unspecified atom stereocenters. The molecule has 3 aliphatic rings. The van der Waals surface area contributed by atoms with Gasteiger partial charge in [-0.3, -0.25) is 4.79 Å². The Kier molecular flexibility index (Phi) is 5.74. The molecule has 31 heavy (non-hydrogen) atoms. The summed E-state index contributed by atoms with van der Waals surface area (Å²) in [6.07, 6.45) is 6.61. The van der Waals surface area contributed by atoms with Crippen molar-refractivity contribution < 1.29 is 19.0 Å². The summed E-state index contributed by atoms with van der Waals surface area (Å²) in [5.41, 5.74) is 0. The van der Waals surface area contributed by atoms with Crippen molar-refractivity contribution in [3.05, 3.63) is 42.7 Å². The lowest BCUT2D eigenvalue weighted by molar-refractivity contribution is -0.188. The molecule has 0 N–H and O–H groups in total. The van der Waals surface area contributed by atoms with Gasteiger partial charge in [-0.2, -0.15) is 0 Å². The standard InChI is InChI=1S/C23H28N4O4/c28-22(26-13-8-23(9-14-26)29-15-16-30-23)18-5-4-12-27(17-18)20-21(25-11-10-24-20)31-19-6-2-1-3-7-19/h1-3,6-7,10-11,18H,4-5,8-9,12-17H2/t18-/m0/s1. The van der Waals surface area contributed by atoms with Crippen LogP contribution < -0.4 is 9.64 Å². The van der Waals surface area contributed by atoms with Crippen molar-refractivity contribution in [1.82, 2.24) is 14.9 Å². The van der Waals surface area contributed by atoms with Gasteiger partial charge in [0.15, 0.2) is 11.6 Å². The topological polar surface area (TPSA) is 77.0 Å². The number of amides is 1. The van der Waals surface area contributed by atoms with Gasteiger partial charge in [-0.1, -0.05) is 18.2 Å². The van der Waals surface area contributed by atoms with E-state index in [2.05, 4.69) is 14.9 Å². The number of carbonyl (C=O) groups excluding carboxylic acids is 1. The predicted octanol–water partition coefficient (Wildman–Crippen LogP) is 2.85. The molecule has 1 aromatic heterocycles. The van der Waals surface area contributed by atoms with Gasteiger partial charge < -0.3 is 24.0 Å². The summed E-state index contributed by atoms with van der Waals surface area (Å²) in [5.74, 6) is 1.57. The quantitative estimate of drug-likeness (QED) is 0.747. The van der Waals surface area contributed by atoms with Crippen LogP contribution >= 0.6 is 0 Å². The molecule has 0 aliphatic carbocycles.